The zero-order chi connectivity index (χ0) is 14.8. The van der Waals surface area contributed by atoms with Crippen molar-refractivity contribution in [1.82, 2.24) is 15.5 Å². The van der Waals surface area contributed by atoms with Crippen LogP contribution in [0.1, 0.15) is 48.9 Å². The summed E-state index contributed by atoms with van der Waals surface area (Å²) in [4.78, 5) is 12.3. The number of hydrogen-bond acceptors (Lipinski definition) is 3. The molecule has 2 heterocycles. The van der Waals surface area contributed by atoms with Gasteiger partial charge in [0.15, 0.2) is 11.5 Å². The average Bonchev–Trinajstić information content (AvgIpc) is 3.10. The Hall–Kier alpha value is -2.04. The molecule has 1 fully saturated rings. The smallest absolute Gasteiger partial charge is 0.272 e. The topological polar surface area (TPSA) is 70.9 Å². The van der Waals surface area contributed by atoms with Crippen molar-refractivity contribution in [2.24, 2.45) is 5.92 Å². The first-order chi connectivity index (χ1) is 10.1. The number of amides is 1. The van der Waals surface area contributed by atoms with Crippen molar-refractivity contribution in [3.05, 3.63) is 29.7 Å². The van der Waals surface area contributed by atoms with Crippen molar-refractivity contribution in [1.29, 1.82) is 0 Å². The van der Waals surface area contributed by atoms with E-state index >= 15 is 0 Å². The van der Waals surface area contributed by atoms with Crippen molar-refractivity contribution in [2.45, 2.75) is 45.6 Å². The summed E-state index contributed by atoms with van der Waals surface area (Å²) in [6.07, 6.45) is 4.69. The number of nitrogens with one attached hydrogen (secondary N) is 2. The lowest BCUT2D eigenvalue weighted by molar-refractivity contribution is 0.0905. The molecule has 0 spiro atoms. The van der Waals surface area contributed by atoms with Gasteiger partial charge in [-0.15, -0.1) is 0 Å². The number of aromatic nitrogens is 2. The predicted octanol–water partition coefficient (Wildman–Crippen LogP) is 3.29. The van der Waals surface area contributed by atoms with Gasteiger partial charge in [0.2, 0.25) is 0 Å². The Balaban J connectivity index is 1.69. The van der Waals surface area contributed by atoms with Crippen LogP contribution in [-0.2, 0) is 0 Å². The van der Waals surface area contributed by atoms with Crippen molar-refractivity contribution < 1.29 is 9.21 Å². The van der Waals surface area contributed by atoms with Crippen LogP contribution in [0.5, 0.6) is 0 Å². The molecule has 5 heteroatoms. The molecule has 2 unspecified atom stereocenters. The summed E-state index contributed by atoms with van der Waals surface area (Å²) in [5.41, 5.74) is 1.14. The number of hydrogen-bond donors (Lipinski definition) is 2. The van der Waals surface area contributed by atoms with Gasteiger partial charge >= 0.3 is 0 Å². The van der Waals surface area contributed by atoms with Gasteiger partial charge < -0.3 is 9.73 Å². The highest BCUT2D eigenvalue weighted by atomic mass is 16.3. The first kappa shape index (κ1) is 13.9. The molecule has 5 nitrogen and oxygen atoms in total. The fourth-order valence-corrected chi connectivity index (χ4v) is 2.92. The molecule has 2 atom stereocenters. The molecule has 21 heavy (non-hydrogen) atoms. The summed E-state index contributed by atoms with van der Waals surface area (Å²) in [6, 6.07) is 5.76. The van der Waals surface area contributed by atoms with Crippen molar-refractivity contribution in [3.63, 3.8) is 0 Å². The van der Waals surface area contributed by atoms with Crippen LogP contribution in [0, 0.1) is 12.8 Å². The van der Waals surface area contributed by atoms with E-state index in [0.29, 0.717) is 17.4 Å². The van der Waals surface area contributed by atoms with E-state index in [-0.39, 0.29) is 11.9 Å². The lowest BCUT2D eigenvalue weighted by Crippen LogP contribution is -2.41. The zero-order valence-corrected chi connectivity index (χ0v) is 12.5. The van der Waals surface area contributed by atoms with E-state index in [9.17, 15) is 4.79 Å². The molecule has 0 bridgehead atoms. The van der Waals surface area contributed by atoms with Gasteiger partial charge in [0.05, 0.1) is 0 Å². The standard InChI is InChI=1S/C16H21N3O2/c1-10-5-3-4-6-12(10)17-16(20)14-9-13(18-19-14)15-8-7-11(2)21-15/h7-10,12H,3-6H2,1-2H3,(H,17,20)(H,18,19). The SMILES string of the molecule is Cc1ccc(-c2cc(C(=O)NC3CCCCC3C)n[nH]2)o1. The Morgan fingerprint density at radius 3 is 2.90 bits per heavy atom. The summed E-state index contributed by atoms with van der Waals surface area (Å²) in [5, 5.41) is 10.1. The largest absolute Gasteiger partial charge is 0.460 e. The maximum absolute atomic E-state index is 12.3. The average molecular weight is 287 g/mol. The van der Waals surface area contributed by atoms with E-state index in [1.54, 1.807) is 6.07 Å². The van der Waals surface area contributed by atoms with E-state index < -0.39 is 0 Å². The molecule has 2 aromatic rings. The number of nitrogens with zero attached hydrogens (tertiary/aromatic N) is 1. The fourth-order valence-electron chi connectivity index (χ4n) is 2.92. The molecule has 1 saturated carbocycles. The molecule has 0 saturated heterocycles. The maximum atomic E-state index is 12.3. The molecular weight excluding hydrogens is 266 g/mol. The summed E-state index contributed by atoms with van der Waals surface area (Å²) >= 11 is 0. The van der Waals surface area contributed by atoms with Crippen LogP contribution in [0.2, 0.25) is 0 Å². The molecule has 112 valence electrons. The third-order valence-corrected chi connectivity index (χ3v) is 4.24. The van der Waals surface area contributed by atoms with Gasteiger partial charge in [-0.05, 0) is 37.8 Å². The summed E-state index contributed by atoms with van der Waals surface area (Å²) in [5.74, 6) is 1.96. The van der Waals surface area contributed by atoms with Crippen LogP contribution in [0.4, 0.5) is 0 Å². The fraction of sp³-hybridized carbons (Fsp3) is 0.500. The van der Waals surface area contributed by atoms with Crippen LogP contribution in [0.25, 0.3) is 11.5 Å². The lowest BCUT2D eigenvalue weighted by atomic mass is 9.86. The van der Waals surface area contributed by atoms with Gasteiger partial charge in [-0.2, -0.15) is 5.10 Å². The third-order valence-electron chi connectivity index (χ3n) is 4.24. The first-order valence-electron chi connectivity index (χ1n) is 7.56. The van der Waals surface area contributed by atoms with Crippen LogP contribution in [0.3, 0.4) is 0 Å². The highest BCUT2D eigenvalue weighted by molar-refractivity contribution is 5.93. The molecule has 0 radical (unpaired) electrons. The van der Waals surface area contributed by atoms with E-state index in [1.807, 2.05) is 19.1 Å². The van der Waals surface area contributed by atoms with E-state index in [1.165, 1.54) is 19.3 Å². The predicted molar refractivity (Wildman–Crippen MR) is 79.9 cm³/mol. The minimum Gasteiger partial charge on any atom is -0.460 e. The number of aromatic amines is 1. The van der Waals surface area contributed by atoms with Crippen LogP contribution in [-0.4, -0.2) is 22.1 Å². The normalized spacial score (nSPS) is 22.2. The Labute approximate surface area is 124 Å². The van der Waals surface area contributed by atoms with Crippen molar-refractivity contribution >= 4 is 5.91 Å². The van der Waals surface area contributed by atoms with Gasteiger partial charge in [-0.1, -0.05) is 19.8 Å². The lowest BCUT2D eigenvalue weighted by Gasteiger charge is -2.29. The van der Waals surface area contributed by atoms with Crippen molar-refractivity contribution in [3.8, 4) is 11.5 Å². The Bertz CT molecular complexity index is 629. The number of aryl methyl sites for hydroxylation is 1. The van der Waals surface area contributed by atoms with Gasteiger partial charge in [0.1, 0.15) is 11.5 Å². The molecule has 0 aliphatic heterocycles. The molecule has 1 amide bonds. The molecule has 2 N–H and O–H groups in total. The van der Waals surface area contributed by atoms with Gasteiger partial charge in [0.25, 0.3) is 5.91 Å². The Morgan fingerprint density at radius 1 is 1.38 bits per heavy atom. The third kappa shape index (κ3) is 3.01. The summed E-state index contributed by atoms with van der Waals surface area (Å²) in [7, 11) is 0. The number of carbonyl (C=O) groups is 1. The van der Waals surface area contributed by atoms with Crippen LogP contribution < -0.4 is 5.32 Å². The van der Waals surface area contributed by atoms with Crippen molar-refractivity contribution in [2.75, 3.05) is 0 Å². The maximum Gasteiger partial charge on any atom is 0.272 e. The molecule has 0 aromatic carbocycles. The molecular formula is C16H21N3O2. The Morgan fingerprint density at radius 2 is 2.19 bits per heavy atom. The molecule has 1 aliphatic carbocycles. The highest BCUT2D eigenvalue weighted by Gasteiger charge is 2.24. The first-order valence-corrected chi connectivity index (χ1v) is 7.56. The van der Waals surface area contributed by atoms with E-state index in [0.717, 1.165) is 17.9 Å². The monoisotopic (exact) mass is 287 g/mol. The molecule has 1 aliphatic rings. The number of carbonyl (C=O) groups excluding carboxylic acids is 1. The van der Waals surface area contributed by atoms with E-state index in [4.69, 9.17) is 4.42 Å². The summed E-state index contributed by atoms with van der Waals surface area (Å²) < 4.78 is 5.53. The van der Waals surface area contributed by atoms with Gasteiger partial charge in [-0.3, -0.25) is 9.89 Å². The van der Waals surface area contributed by atoms with Crippen LogP contribution in [0.15, 0.2) is 22.6 Å². The highest BCUT2D eigenvalue weighted by Crippen LogP contribution is 2.24. The van der Waals surface area contributed by atoms with Gasteiger partial charge in [0, 0.05) is 12.1 Å². The second kappa shape index (κ2) is 5.76. The van der Waals surface area contributed by atoms with Gasteiger partial charge in [-0.25, -0.2) is 0 Å². The number of rotatable bonds is 3. The summed E-state index contributed by atoms with van der Waals surface area (Å²) in [6.45, 7) is 4.09. The number of H-pyrrole nitrogens is 1. The minimum absolute atomic E-state index is 0.112. The van der Waals surface area contributed by atoms with Crippen LogP contribution >= 0.6 is 0 Å². The number of furan rings is 1. The minimum atomic E-state index is -0.112. The molecule has 2 aromatic heterocycles. The zero-order valence-electron chi connectivity index (χ0n) is 12.5. The molecule has 3 rings (SSSR count). The quantitative estimate of drug-likeness (QED) is 0.910. The Kier molecular flexibility index (Phi) is 3.82. The van der Waals surface area contributed by atoms with E-state index in [2.05, 4.69) is 22.4 Å². The second-order valence-corrected chi connectivity index (χ2v) is 5.92. The second-order valence-electron chi connectivity index (χ2n) is 5.92.